The van der Waals surface area contributed by atoms with Crippen LogP contribution in [0.3, 0.4) is 0 Å². The molecule has 1 saturated heterocycles. The molecule has 7 nitrogen and oxygen atoms in total. The second-order valence-electron chi connectivity index (χ2n) is 7.34. The zero-order valence-electron chi connectivity index (χ0n) is 17.6. The number of ether oxygens (including phenoxy) is 3. The monoisotopic (exact) mass is 412 g/mol. The third kappa shape index (κ3) is 5.65. The standard InChI is InChI=1S/C23H28N2O5/c1-16-4-6-19(7-5-16)30-15-22(26)24-18-8-10-25(11-9-18)23(27)17-12-20(28-2)14-21(13-17)29-3/h4-7,12-14,18H,8-11,15H2,1-3H3,(H,24,26). The first kappa shape index (κ1) is 21.5. The summed E-state index contributed by atoms with van der Waals surface area (Å²) < 4.78 is 16.0. The zero-order chi connectivity index (χ0) is 21.5. The maximum Gasteiger partial charge on any atom is 0.258 e. The van der Waals surface area contributed by atoms with Crippen LogP contribution in [0.25, 0.3) is 0 Å². The molecule has 1 aliphatic rings. The number of nitrogens with zero attached hydrogens (tertiary/aromatic N) is 1. The van der Waals surface area contributed by atoms with E-state index in [0.29, 0.717) is 48.7 Å². The highest BCUT2D eigenvalue weighted by atomic mass is 16.5. The van der Waals surface area contributed by atoms with E-state index < -0.39 is 0 Å². The molecule has 7 heteroatoms. The summed E-state index contributed by atoms with van der Waals surface area (Å²) in [5.74, 6) is 1.60. The molecule has 1 N–H and O–H groups in total. The molecule has 2 aromatic rings. The molecule has 1 heterocycles. The van der Waals surface area contributed by atoms with Gasteiger partial charge in [-0.1, -0.05) is 17.7 Å². The molecule has 0 radical (unpaired) electrons. The SMILES string of the molecule is COc1cc(OC)cc(C(=O)N2CCC(NC(=O)COc3ccc(C)cc3)CC2)c1. The summed E-state index contributed by atoms with van der Waals surface area (Å²) in [4.78, 5) is 26.8. The fourth-order valence-corrected chi connectivity index (χ4v) is 3.39. The Morgan fingerprint density at radius 3 is 2.13 bits per heavy atom. The van der Waals surface area contributed by atoms with Crippen LogP contribution in [0.2, 0.25) is 0 Å². The van der Waals surface area contributed by atoms with Crippen LogP contribution in [0, 0.1) is 6.92 Å². The van der Waals surface area contributed by atoms with Gasteiger partial charge in [0.15, 0.2) is 6.61 Å². The number of rotatable bonds is 7. The maximum absolute atomic E-state index is 12.9. The van der Waals surface area contributed by atoms with E-state index in [4.69, 9.17) is 14.2 Å². The van der Waals surface area contributed by atoms with Gasteiger partial charge in [-0.2, -0.15) is 0 Å². The lowest BCUT2D eigenvalue weighted by Gasteiger charge is -2.32. The lowest BCUT2D eigenvalue weighted by atomic mass is 10.0. The number of amides is 2. The average Bonchev–Trinajstić information content (AvgIpc) is 2.78. The number of aryl methyl sites for hydroxylation is 1. The van der Waals surface area contributed by atoms with Gasteiger partial charge in [0.1, 0.15) is 17.2 Å². The Kier molecular flexibility index (Phi) is 7.17. The molecule has 3 rings (SSSR count). The van der Waals surface area contributed by atoms with Gasteiger partial charge in [-0.05, 0) is 44.0 Å². The number of benzene rings is 2. The Morgan fingerprint density at radius 2 is 1.57 bits per heavy atom. The largest absolute Gasteiger partial charge is 0.497 e. The van der Waals surface area contributed by atoms with Crippen LogP contribution >= 0.6 is 0 Å². The number of methoxy groups -OCH3 is 2. The smallest absolute Gasteiger partial charge is 0.258 e. The van der Waals surface area contributed by atoms with Crippen molar-refractivity contribution in [2.75, 3.05) is 33.9 Å². The number of carbonyl (C=O) groups is 2. The first-order valence-electron chi connectivity index (χ1n) is 9.99. The van der Waals surface area contributed by atoms with Crippen molar-refractivity contribution in [2.45, 2.75) is 25.8 Å². The van der Waals surface area contributed by atoms with Crippen molar-refractivity contribution in [3.05, 3.63) is 53.6 Å². The lowest BCUT2D eigenvalue weighted by Crippen LogP contribution is -2.47. The van der Waals surface area contributed by atoms with Crippen molar-refractivity contribution >= 4 is 11.8 Å². The summed E-state index contributed by atoms with van der Waals surface area (Å²) in [7, 11) is 3.11. The Bertz CT molecular complexity index is 851. The maximum atomic E-state index is 12.9. The van der Waals surface area contributed by atoms with E-state index in [2.05, 4.69) is 5.32 Å². The topological polar surface area (TPSA) is 77.1 Å². The first-order valence-corrected chi connectivity index (χ1v) is 9.99. The fourth-order valence-electron chi connectivity index (χ4n) is 3.39. The van der Waals surface area contributed by atoms with E-state index in [1.807, 2.05) is 31.2 Å². The first-order chi connectivity index (χ1) is 14.5. The summed E-state index contributed by atoms with van der Waals surface area (Å²) in [5.41, 5.74) is 1.67. The molecule has 0 spiro atoms. The van der Waals surface area contributed by atoms with Crippen LogP contribution in [-0.2, 0) is 4.79 Å². The zero-order valence-corrected chi connectivity index (χ0v) is 17.6. The Labute approximate surface area is 176 Å². The summed E-state index contributed by atoms with van der Waals surface area (Å²) >= 11 is 0. The number of piperidine rings is 1. The van der Waals surface area contributed by atoms with Gasteiger partial charge < -0.3 is 24.4 Å². The van der Waals surface area contributed by atoms with Crippen LogP contribution in [0.4, 0.5) is 0 Å². The number of hydrogen-bond acceptors (Lipinski definition) is 5. The minimum Gasteiger partial charge on any atom is -0.497 e. The van der Waals surface area contributed by atoms with Gasteiger partial charge in [-0.3, -0.25) is 9.59 Å². The third-order valence-electron chi connectivity index (χ3n) is 5.14. The normalized spacial score (nSPS) is 14.2. The fraction of sp³-hybridized carbons (Fsp3) is 0.391. The second-order valence-corrected chi connectivity index (χ2v) is 7.34. The van der Waals surface area contributed by atoms with Gasteiger partial charge in [-0.25, -0.2) is 0 Å². The van der Waals surface area contributed by atoms with Gasteiger partial charge in [0.25, 0.3) is 11.8 Å². The minimum atomic E-state index is -0.155. The molecule has 160 valence electrons. The van der Waals surface area contributed by atoms with E-state index >= 15 is 0 Å². The molecular weight excluding hydrogens is 384 g/mol. The Morgan fingerprint density at radius 1 is 0.967 bits per heavy atom. The van der Waals surface area contributed by atoms with Gasteiger partial charge in [0.2, 0.25) is 0 Å². The van der Waals surface area contributed by atoms with E-state index in [0.717, 1.165) is 5.56 Å². The molecular formula is C23H28N2O5. The molecule has 0 bridgehead atoms. The molecule has 1 fully saturated rings. The van der Waals surface area contributed by atoms with Crippen molar-refractivity contribution in [1.29, 1.82) is 0 Å². The van der Waals surface area contributed by atoms with Crippen LogP contribution in [0.15, 0.2) is 42.5 Å². The van der Waals surface area contributed by atoms with Gasteiger partial charge in [-0.15, -0.1) is 0 Å². The molecule has 0 aliphatic carbocycles. The molecule has 0 saturated carbocycles. The van der Waals surface area contributed by atoms with E-state index in [-0.39, 0.29) is 24.5 Å². The summed E-state index contributed by atoms with van der Waals surface area (Å²) in [6, 6.07) is 12.8. The third-order valence-corrected chi connectivity index (χ3v) is 5.14. The highest BCUT2D eigenvalue weighted by molar-refractivity contribution is 5.95. The van der Waals surface area contributed by atoms with E-state index in [1.165, 1.54) is 0 Å². The van der Waals surface area contributed by atoms with E-state index in [1.54, 1.807) is 37.3 Å². The Balaban J connectivity index is 1.47. The molecule has 2 amide bonds. The van der Waals surface area contributed by atoms with Crippen molar-refractivity contribution in [1.82, 2.24) is 10.2 Å². The number of carbonyl (C=O) groups excluding carboxylic acids is 2. The molecule has 0 aromatic heterocycles. The quantitative estimate of drug-likeness (QED) is 0.757. The van der Waals surface area contributed by atoms with Crippen LogP contribution in [0.5, 0.6) is 17.2 Å². The van der Waals surface area contributed by atoms with Gasteiger partial charge >= 0.3 is 0 Å². The van der Waals surface area contributed by atoms with Crippen molar-refractivity contribution in [2.24, 2.45) is 0 Å². The summed E-state index contributed by atoms with van der Waals surface area (Å²) in [5, 5.41) is 2.99. The minimum absolute atomic E-state index is 0.0220. The van der Waals surface area contributed by atoms with Gasteiger partial charge in [0, 0.05) is 30.8 Å². The second kappa shape index (κ2) is 10.0. The van der Waals surface area contributed by atoms with Crippen molar-refractivity contribution in [3.63, 3.8) is 0 Å². The molecule has 0 atom stereocenters. The van der Waals surface area contributed by atoms with Crippen LogP contribution in [0.1, 0.15) is 28.8 Å². The number of likely N-dealkylation sites (tertiary alicyclic amines) is 1. The number of nitrogens with one attached hydrogen (secondary N) is 1. The molecule has 1 aliphatic heterocycles. The molecule has 30 heavy (non-hydrogen) atoms. The van der Waals surface area contributed by atoms with Crippen LogP contribution in [-0.4, -0.2) is 56.7 Å². The predicted molar refractivity (Wildman–Crippen MR) is 113 cm³/mol. The van der Waals surface area contributed by atoms with Crippen molar-refractivity contribution in [3.8, 4) is 17.2 Å². The lowest BCUT2D eigenvalue weighted by molar-refractivity contribution is -0.124. The molecule has 2 aromatic carbocycles. The predicted octanol–water partition coefficient (Wildman–Crippen LogP) is 2.81. The summed E-state index contributed by atoms with van der Waals surface area (Å²) in [6.45, 7) is 3.12. The average molecular weight is 412 g/mol. The summed E-state index contributed by atoms with van der Waals surface area (Å²) in [6.07, 6.45) is 1.40. The van der Waals surface area contributed by atoms with Gasteiger partial charge in [0.05, 0.1) is 14.2 Å². The number of hydrogen-bond donors (Lipinski definition) is 1. The highest BCUT2D eigenvalue weighted by Gasteiger charge is 2.25. The van der Waals surface area contributed by atoms with Crippen molar-refractivity contribution < 1.29 is 23.8 Å². The Hall–Kier alpha value is -3.22. The highest BCUT2D eigenvalue weighted by Crippen LogP contribution is 2.24. The van der Waals surface area contributed by atoms with E-state index in [9.17, 15) is 9.59 Å². The molecule has 0 unspecified atom stereocenters. The van der Waals surface area contributed by atoms with Crippen LogP contribution < -0.4 is 19.5 Å².